The lowest BCUT2D eigenvalue weighted by Gasteiger charge is -2.13. The third-order valence-corrected chi connectivity index (χ3v) is 4.98. The van der Waals surface area contributed by atoms with Gasteiger partial charge in [0.25, 0.3) is 0 Å². The zero-order valence-electron chi connectivity index (χ0n) is 17.8. The van der Waals surface area contributed by atoms with Gasteiger partial charge in [-0.15, -0.1) is 0 Å². The number of fused-ring (bicyclic) bond motifs is 1. The quantitative estimate of drug-likeness (QED) is 0.370. The Hall–Kier alpha value is -3.73. The van der Waals surface area contributed by atoms with Crippen LogP contribution in [0.2, 0.25) is 0 Å². The molecular formula is C26H24O5. The molecule has 0 aliphatic carbocycles. The predicted octanol–water partition coefficient (Wildman–Crippen LogP) is 5.54. The van der Waals surface area contributed by atoms with Gasteiger partial charge in [0.1, 0.15) is 30.3 Å². The van der Waals surface area contributed by atoms with Gasteiger partial charge in [0, 0.05) is 5.56 Å². The standard InChI is InChI=1S/C26H24O5/c1-17-4-9-21(10-5-17)29-14-15-30-26-24(27)22-13-6-18(2)16-23(22)31-25(26)19-7-11-20(28-3)12-8-19/h4-13,16H,14-15H2,1-3H3. The Bertz CT molecular complexity index is 1240. The molecule has 0 saturated carbocycles. The van der Waals surface area contributed by atoms with Gasteiger partial charge in [-0.2, -0.15) is 0 Å². The molecule has 5 nitrogen and oxygen atoms in total. The van der Waals surface area contributed by atoms with E-state index in [0.717, 1.165) is 28.2 Å². The van der Waals surface area contributed by atoms with E-state index in [-0.39, 0.29) is 17.8 Å². The second kappa shape index (κ2) is 8.96. The summed E-state index contributed by atoms with van der Waals surface area (Å²) >= 11 is 0. The smallest absolute Gasteiger partial charge is 0.235 e. The summed E-state index contributed by atoms with van der Waals surface area (Å²) in [6.45, 7) is 4.49. The third kappa shape index (κ3) is 4.56. The van der Waals surface area contributed by atoms with Gasteiger partial charge in [0.05, 0.1) is 12.5 Å². The maximum absolute atomic E-state index is 13.2. The van der Waals surface area contributed by atoms with Crippen LogP contribution in [0.4, 0.5) is 0 Å². The van der Waals surface area contributed by atoms with Crippen molar-refractivity contribution in [1.29, 1.82) is 0 Å². The van der Waals surface area contributed by atoms with Crippen LogP contribution in [0.1, 0.15) is 11.1 Å². The number of benzene rings is 3. The van der Waals surface area contributed by atoms with Crippen LogP contribution in [0.15, 0.2) is 75.9 Å². The first-order valence-electron chi connectivity index (χ1n) is 10.1. The minimum absolute atomic E-state index is 0.175. The lowest BCUT2D eigenvalue weighted by Crippen LogP contribution is -2.15. The van der Waals surface area contributed by atoms with E-state index in [9.17, 15) is 4.79 Å². The van der Waals surface area contributed by atoms with Crippen LogP contribution in [-0.2, 0) is 0 Å². The number of hydrogen-bond donors (Lipinski definition) is 0. The molecule has 3 aromatic carbocycles. The predicted molar refractivity (Wildman–Crippen MR) is 121 cm³/mol. The molecule has 0 amide bonds. The van der Waals surface area contributed by atoms with E-state index in [1.165, 1.54) is 0 Å². The minimum atomic E-state index is -0.206. The number of methoxy groups -OCH3 is 1. The van der Waals surface area contributed by atoms with E-state index in [1.807, 2.05) is 74.5 Å². The number of hydrogen-bond acceptors (Lipinski definition) is 5. The van der Waals surface area contributed by atoms with Crippen LogP contribution >= 0.6 is 0 Å². The lowest BCUT2D eigenvalue weighted by molar-refractivity contribution is 0.214. The summed E-state index contributed by atoms with van der Waals surface area (Å²) in [4.78, 5) is 13.2. The topological polar surface area (TPSA) is 57.9 Å². The largest absolute Gasteiger partial charge is 0.497 e. The van der Waals surface area contributed by atoms with E-state index < -0.39 is 0 Å². The van der Waals surface area contributed by atoms with Gasteiger partial charge in [-0.25, -0.2) is 0 Å². The summed E-state index contributed by atoms with van der Waals surface area (Å²) < 4.78 is 23.0. The van der Waals surface area contributed by atoms with Crippen LogP contribution in [0, 0.1) is 13.8 Å². The first-order chi connectivity index (χ1) is 15.0. The van der Waals surface area contributed by atoms with Gasteiger partial charge in [-0.05, 0) is 67.9 Å². The lowest BCUT2D eigenvalue weighted by atomic mass is 10.1. The van der Waals surface area contributed by atoms with Crippen molar-refractivity contribution in [2.45, 2.75) is 13.8 Å². The van der Waals surface area contributed by atoms with Gasteiger partial charge >= 0.3 is 0 Å². The summed E-state index contributed by atoms with van der Waals surface area (Å²) in [5, 5.41) is 0.484. The molecule has 31 heavy (non-hydrogen) atoms. The third-order valence-electron chi connectivity index (χ3n) is 4.98. The fraction of sp³-hybridized carbons (Fsp3) is 0.192. The number of rotatable bonds is 7. The van der Waals surface area contributed by atoms with Gasteiger partial charge in [0.15, 0.2) is 5.76 Å². The normalized spacial score (nSPS) is 10.8. The zero-order chi connectivity index (χ0) is 21.8. The van der Waals surface area contributed by atoms with Crippen LogP contribution in [0.3, 0.4) is 0 Å². The summed E-state index contributed by atoms with van der Waals surface area (Å²) in [7, 11) is 1.61. The fourth-order valence-electron chi connectivity index (χ4n) is 3.28. The molecule has 4 aromatic rings. The Morgan fingerprint density at radius 1 is 0.774 bits per heavy atom. The molecule has 0 fully saturated rings. The highest BCUT2D eigenvalue weighted by molar-refractivity contribution is 5.82. The maximum atomic E-state index is 13.2. The Labute approximate surface area is 180 Å². The zero-order valence-corrected chi connectivity index (χ0v) is 17.8. The average Bonchev–Trinajstić information content (AvgIpc) is 2.79. The van der Waals surface area contributed by atoms with Crippen molar-refractivity contribution >= 4 is 11.0 Å². The highest BCUT2D eigenvalue weighted by Crippen LogP contribution is 2.32. The molecule has 0 aliphatic heterocycles. The molecule has 4 rings (SSSR count). The molecule has 0 aliphatic rings. The van der Waals surface area contributed by atoms with Gasteiger partial charge in [-0.3, -0.25) is 4.79 Å². The Morgan fingerprint density at radius 2 is 1.42 bits per heavy atom. The average molecular weight is 416 g/mol. The minimum Gasteiger partial charge on any atom is -0.497 e. The maximum Gasteiger partial charge on any atom is 0.235 e. The second-order valence-corrected chi connectivity index (χ2v) is 7.33. The fourth-order valence-corrected chi connectivity index (χ4v) is 3.28. The van der Waals surface area contributed by atoms with Crippen LogP contribution in [0.25, 0.3) is 22.3 Å². The monoisotopic (exact) mass is 416 g/mol. The molecule has 158 valence electrons. The molecule has 0 saturated heterocycles. The van der Waals surface area contributed by atoms with E-state index in [2.05, 4.69) is 0 Å². The van der Waals surface area contributed by atoms with Gasteiger partial charge in [0.2, 0.25) is 11.2 Å². The Morgan fingerprint density at radius 3 is 2.13 bits per heavy atom. The molecule has 1 heterocycles. The van der Waals surface area contributed by atoms with Gasteiger partial charge < -0.3 is 18.6 Å². The summed E-state index contributed by atoms with van der Waals surface area (Å²) in [6, 6.07) is 20.6. The summed E-state index contributed by atoms with van der Waals surface area (Å²) in [6.07, 6.45) is 0. The first kappa shape index (κ1) is 20.5. The van der Waals surface area contributed by atoms with Crippen LogP contribution in [-0.4, -0.2) is 20.3 Å². The molecule has 0 unspecified atom stereocenters. The molecule has 5 heteroatoms. The summed E-state index contributed by atoms with van der Waals surface area (Å²) in [5.74, 6) is 2.04. The van der Waals surface area contributed by atoms with Crippen molar-refractivity contribution in [3.63, 3.8) is 0 Å². The molecule has 0 atom stereocenters. The van der Waals surface area contributed by atoms with Crippen LogP contribution < -0.4 is 19.6 Å². The molecule has 0 spiro atoms. The van der Waals surface area contributed by atoms with E-state index in [4.69, 9.17) is 18.6 Å². The molecule has 0 radical (unpaired) electrons. The first-order valence-corrected chi connectivity index (χ1v) is 10.1. The van der Waals surface area contributed by atoms with Crippen LogP contribution in [0.5, 0.6) is 17.2 Å². The van der Waals surface area contributed by atoms with E-state index >= 15 is 0 Å². The molecule has 1 aromatic heterocycles. The molecule has 0 bridgehead atoms. The van der Waals surface area contributed by atoms with Crippen molar-refractivity contribution in [3.8, 4) is 28.6 Å². The Kier molecular flexibility index (Phi) is 5.94. The molecular weight excluding hydrogens is 392 g/mol. The SMILES string of the molecule is COc1ccc(-c2oc3cc(C)ccc3c(=O)c2OCCOc2ccc(C)cc2)cc1. The summed E-state index contributed by atoms with van der Waals surface area (Å²) in [5.41, 5.74) is 3.23. The Balaban J connectivity index is 1.64. The number of aryl methyl sites for hydroxylation is 2. The van der Waals surface area contributed by atoms with Crippen molar-refractivity contribution < 1.29 is 18.6 Å². The van der Waals surface area contributed by atoms with Gasteiger partial charge in [-0.1, -0.05) is 23.8 Å². The van der Waals surface area contributed by atoms with Crippen molar-refractivity contribution in [2.24, 2.45) is 0 Å². The van der Waals surface area contributed by atoms with Crippen molar-refractivity contribution in [1.82, 2.24) is 0 Å². The highest BCUT2D eigenvalue weighted by atomic mass is 16.5. The number of ether oxygens (including phenoxy) is 3. The molecule has 0 N–H and O–H groups in total. The van der Waals surface area contributed by atoms with E-state index in [0.29, 0.717) is 23.3 Å². The van der Waals surface area contributed by atoms with Crippen molar-refractivity contribution in [3.05, 3.63) is 88.1 Å². The van der Waals surface area contributed by atoms with E-state index in [1.54, 1.807) is 13.2 Å². The van der Waals surface area contributed by atoms with Crippen molar-refractivity contribution in [2.75, 3.05) is 20.3 Å². The highest BCUT2D eigenvalue weighted by Gasteiger charge is 2.18. The second-order valence-electron chi connectivity index (χ2n) is 7.33.